The molecule has 4 aromatic rings. The van der Waals surface area contributed by atoms with Crippen LogP contribution in [0.3, 0.4) is 0 Å². The second kappa shape index (κ2) is 3.55. The molecule has 0 amide bonds. The average Bonchev–Trinajstić information content (AvgIpc) is 3.02. The molecule has 1 N–H and O–H groups in total. The normalized spacial score (nSPS) is 12.9. The first-order chi connectivity index (χ1) is 10.3. The molecule has 1 aliphatic rings. The molecule has 1 aliphatic carbocycles. The number of nitrogens with zero attached hydrogens (tertiary/aromatic N) is 2. The molecule has 3 heterocycles. The third kappa shape index (κ3) is 1.22. The Hall–Kier alpha value is -3.01. The lowest BCUT2D eigenvalue weighted by atomic mass is 9.92. The van der Waals surface area contributed by atoms with Crippen LogP contribution in [0.25, 0.3) is 32.9 Å². The number of nitrogens with one attached hydrogen (secondary N) is 1. The minimum Gasteiger partial charge on any atom is -0.358 e. The topological polar surface area (TPSA) is 58.6 Å². The first-order valence-corrected chi connectivity index (χ1v) is 6.74. The maximum absolute atomic E-state index is 12.6. The van der Waals surface area contributed by atoms with Gasteiger partial charge < -0.3 is 4.98 Å². The SMILES string of the molecule is O=C1c2[nH]ccc2-c2nc3ccccc3c3ccnc1c23. The number of ketones is 1. The molecule has 0 fully saturated rings. The van der Waals surface area contributed by atoms with Crippen molar-refractivity contribution < 1.29 is 4.79 Å². The highest BCUT2D eigenvalue weighted by Crippen LogP contribution is 2.39. The number of fused-ring (bicyclic) bond motifs is 4. The van der Waals surface area contributed by atoms with Gasteiger partial charge in [-0.05, 0) is 23.6 Å². The van der Waals surface area contributed by atoms with E-state index in [0.29, 0.717) is 11.4 Å². The smallest absolute Gasteiger partial charge is 0.228 e. The number of hydrogen-bond donors (Lipinski definition) is 1. The Labute approximate surface area is 119 Å². The number of carbonyl (C=O) groups excluding carboxylic acids is 1. The van der Waals surface area contributed by atoms with Crippen LogP contribution in [0.1, 0.15) is 16.2 Å². The lowest BCUT2D eigenvalue weighted by Crippen LogP contribution is -2.12. The minimum atomic E-state index is -0.0646. The Morgan fingerprint density at radius 3 is 2.81 bits per heavy atom. The van der Waals surface area contributed by atoms with Crippen LogP contribution in [-0.4, -0.2) is 20.7 Å². The van der Waals surface area contributed by atoms with E-state index in [9.17, 15) is 4.79 Å². The molecule has 0 saturated heterocycles. The van der Waals surface area contributed by atoms with Gasteiger partial charge in [-0.25, -0.2) is 4.98 Å². The lowest BCUT2D eigenvalue weighted by Gasteiger charge is -2.16. The van der Waals surface area contributed by atoms with Gasteiger partial charge in [-0.1, -0.05) is 18.2 Å². The monoisotopic (exact) mass is 271 g/mol. The van der Waals surface area contributed by atoms with Crippen LogP contribution in [0.2, 0.25) is 0 Å². The molecule has 0 aliphatic heterocycles. The van der Waals surface area contributed by atoms with Crippen LogP contribution in [0.4, 0.5) is 0 Å². The summed E-state index contributed by atoms with van der Waals surface area (Å²) in [7, 11) is 0. The molecular formula is C17H9N3O. The molecule has 0 spiro atoms. The van der Waals surface area contributed by atoms with E-state index in [1.807, 2.05) is 36.4 Å². The Bertz CT molecular complexity index is 1060. The van der Waals surface area contributed by atoms with Crippen LogP contribution in [-0.2, 0) is 0 Å². The van der Waals surface area contributed by atoms with Gasteiger partial charge in [0, 0.05) is 28.7 Å². The molecule has 0 radical (unpaired) electrons. The van der Waals surface area contributed by atoms with Crippen molar-refractivity contribution in [3.63, 3.8) is 0 Å². The van der Waals surface area contributed by atoms with Crippen molar-refractivity contribution in [3.05, 3.63) is 60.2 Å². The summed E-state index contributed by atoms with van der Waals surface area (Å²) in [6.45, 7) is 0. The second-order valence-electron chi connectivity index (χ2n) is 5.16. The first-order valence-electron chi connectivity index (χ1n) is 6.74. The summed E-state index contributed by atoms with van der Waals surface area (Å²) in [5, 5.41) is 2.93. The van der Waals surface area contributed by atoms with Gasteiger partial charge in [0.2, 0.25) is 5.78 Å². The second-order valence-corrected chi connectivity index (χ2v) is 5.16. The van der Waals surface area contributed by atoms with E-state index in [1.54, 1.807) is 12.4 Å². The Morgan fingerprint density at radius 2 is 1.86 bits per heavy atom. The van der Waals surface area contributed by atoms with Gasteiger partial charge in [0.25, 0.3) is 0 Å². The van der Waals surface area contributed by atoms with E-state index in [-0.39, 0.29) is 5.78 Å². The highest BCUT2D eigenvalue weighted by Gasteiger charge is 2.29. The largest absolute Gasteiger partial charge is 0.358 e. The van der Waals surface area contributed by atoms with Crippen LogP contribution >= 0.6 is 0 Å². The number of carbonyl (C=O) groups is 1. The number of para-hydroxylation sites is 1. The van der Waals surface area contributed by atoms with Gasteiger partial charge in [0.15, 0.2) is 0 Å². The fraction of sp³-hybridized carbons (Fsp3) is 0. The zero-order valence-electron chi connectivity index (χ0n) is 10.9. The number of H-pyrrole nitrogens is 1. The number of aromatic amines is 1. The van der Waals surface area contributed by atoms with E-state index in [4.69, 9.17) is 4.98 Å². The van der Waals surface area contributed by atoms with Gasteiger partial charge in [-0.3, -0.25) is 9.78 Å². The van der Waals surface area contributed by atoms with Gasteiger partial charge in [-0.15, -0.1) is 0 Å². The lowest BCUT2D eigenvalue weighted by molar-refractivity contribution is 0.103. The van der Waals surface area contributed by atoms with Crippen molar-refractivity contribution in [2.75, 3.05) is 0 Å². The molecule has 98 valence electrons. The van der Waals surface area contributed by atoms with E-state index < -0.39 is 0 Å². The summed E-state index contributed by atoms with van der Waals surface area (Å²) in [6, 6.07) is 11.8. The Kier molecular flexibility index (Phi) is 1.81. The summed E-state index contributed by atoms with van der Waals surface area (Å²) >= 11 is 0. The molecule has 1 aromatic carbocycles. The van der Waals surface area contributed by atoms with Crippen molar-refractivity contribution in [2.45, 2.75) is 0 Å². The maximum atomic E-state index is 12.6. The molecule has 0 unspecified atom stereocenters. The summed E-state index contributed by atoms with van der Waals surface area (Å²) in [6.07, 6.45) is 3.47. The predicted octanol–water partition coefficient (Wildman–Crippen LogP) is 3.32. The fourth-order valence-corrected chi connectivity index (χ4v) is 3.14. The van der Waals surface area contributed by atoms with E-state index in [0.717, 1.165) is 32.9 Å². The van der Waals surface area contributed by atoms with Crippen LogP contribution in [0.15, 0.2) is 48.8 Å². The highest BCUT2D eigenvalue weighted by atomic mass is 16.1. The highest BCUT2D eigenvalue weighted by molar-refractivity contribution is 6.26. The van der Waals surface area contributed by atoms with E-state index >= 15 is 0 Å². The third-order valence-corrected chi connectivity index (χ3v) is 4.06. The van der Waals surface area contributed by atoms with Crippen LogP contribution in [0, 0.1) is 0 Å². The van der Waals surface area contributed by atoms with Crippen molar-refractivity contribution in [1.29, 1.82) is 0 Å². The molecule has 21 heavy (non-hydrogen) atoms. The van der Waals surface area contributed by atoms with Crippen molar-refractivity contribution in [2.24, 2.45) is 0 Å². The summed E-state index contributed by atoms with van der Waals surface area (Å²) in [5.74, 6) is -0.0646. The fourth-order valence-electron chi connectivity index (χ4n) is 3.14. The minimum absolute atomic E-state index is 0.0646. The molecule has 5 rings (SSSR count). The molecule has 4 nitrogen and oxygen atoms in total. The van der Waals surface area contributed by atoms with Gasteiger partial charge in [0.05, 0.1) is 16.9 Å². The van der Waals surface area contributed by atoms with Crippen molar-refractivity contribution >= 4 is 27.5 Å². The quantitative estimate of drug-likeness (QED) is 0.439. The average molecular weight is 271 g/mol. The van der Waals surface area contributed by atoms with E-state index in [1.165, 1.54) is 0 Å². The number of pyridine rings is 2. The first kappa shape index (κ1) is 10.7. The van der Waals surface area contributed by atoms with Crippen LogP contribution < -0.4 is 0 Å². The standard InChI is InChI=1S/C17H9N3O/c21-17-15-11(6-8-18-15)14-13-10(5-7-19-16(13)17)9-3-1-2-4-12(9)20-14/h1-8,18H. The Morgan fingerprint density at radius 1 is 0.952 bits per heavy atom. The zero-order chi connectivity index (χ0) is 14.0. The molecule has 0 atom stereocenters. The number of rotatable bonds is 0. The summed E-state index contributed by atoms with van der Waals surface area (Å²) < 4.78 is 0. The van der Waals surface area contributed by atoms with Crippen LogP contribution in [0.5, 0.6) is 0 Å². The van der Waals surface area contributed by atoms with Crippen molar-refractivity contribution in [3.8, 4) is 11.3 Å². The van der Waals surface area contributed by atoms with Gasteiger partial charge >= 0.3 is 0 Å². The molecule has 0 saturated carbocycles. The predicted molar refractivity (Wildman–Crippen MR) is 80.3 cm³/mol. The summed E-state index contributed by atoms with van der Waals surface area (Å²) in [5.41, 5.74) is 3.68. The zero-order valence-corrected chi connectivity index (χ0v) is 10.9. The summed E-state index contributed by atoms with van der Waals surface area (Å²) in [4.78, 5) is 24.6. The Balaban J connectivity index is 2.13. The maximum Gasteiger partial charge on any atom is 0.228 e. The number of benzene rings is 1. The molecule has 0 bridgehead atoms. The molecule has 3 aromatic heterocycles. The number of hydrogen-bond acceptors (Lipinski definition) is 3. The van der Waals surface area contributed by atoms with Gasteiger partial charge in [0.1, 0.15) is 5.69 Å². The third-order valence-electron chi connectivity index (χ3n) is 4.06. The van der Waals surface area contributed by atoms with Crippen molar-refractivity contribution in [1.82, 2.24) is 15.0 Å². The number of aromatic nitrogens is 3. The van der Waals surface area contributed by atoms with Gasteiger partial charge in [-0.2, -0.15) is 0 Å². The molecular weight excluding hydrogens is 262 g/mol. The molecule has 4 heteroatoms. The van der Waals surface area contributed by atoms with E-state index in [2.05, 4.69) is 9.97 Å².